The maximum Gasteiger partial charge on any atom is 0.220 e. The van der Waals surface area contributed by atoms with Crippen molar-refractivity contribution in [1.82, 2.24) is 0 Å². The van der Waals surface area contributed by atoms with E-state index in [4.69, 9.17) is 15.7 Å². The number of para-hydroxylation sites is 17. The van der Waals surface area contributed by atoms with Gasteiger partial charge in [-0.05, 0) is 229 Å². The third-order valence-electron chi connectivity index (χ3n) is 20.3. The van der Waals surface area contributed by atoms with E-state index < -0.39 is 0 Å². The van der Waals surface area contributed by atoms with Crippen LogP contribution in [0.5, 0.6) is 0 Å². The minimum Gasteiger partial charge on any atom is -0.369 e. The highest BCUT2D eigenvalue weighted by Crippen LogP contribution is 2.37. The highest BCUT2D eigenvalue weighted by atomic mass is 15.4. The number of hydrogen-bond acceptors (Lipinski definition) is 5. The second-order valence-corrected chi connectivity index (χ2v) is 29.7. The van der Waals surface area contributed by atoms with E-state index in [-0.39, 0.29) is 0 Å². The van der Waals surface area contributed by atoms with Gasteiger partial charge in [-0.1, -0.05) is 340 Å². The summed E-state index contributed by atoms with van der Waals surface area (Å²) >= 11 is 0. The Kier molecular flexibility index (Phi) is 32.1. The summed E-state index contributed by atoms with van der Waals surface area (Å²) in [5.41, 5.74) is 23.6. The molecule has 15 heteroatoms. The maximum absolute atomic E-state index is 9.20. The molecular weight excluding hydrogens is 1620 g/mol. The van der Waals surface area contributed by atoms with Crippen LogP contribution in [0.15, 0.2) is 578 Å². The Hall–Kier alpha value is -18.2. The minimum absolute atomic E-state index is 0.356. The summed E-state index contributed by atoms with van der Waals surface area (Å²) in [6.07, 6.45) is 0. The molecule has 0 spiro atoms. The summed E-state index contributed by atoms with van der Waals surface area (Å²) < 4.78 is 0. The van der Waals surface area contributed by atoms with Crippen LogP contribution in [0.1, 0.15) is 0 Å². The van der Waals surface area contributed by atoms with E-state index in [0.717, 1.165) is 108 Å². The van der Waals surface area contributed by atoms with Crippen molar-refractivity contribution in [2.45, 2.75) is 0 Å². The van der Waals surface area contributed by atoms with Gasteiger partial charge in [-0.3, -0.25) is 29.9 Å². The molecule has 0 aliphatic heterocycles. The second-order valence-electron chi connectivity index (χ2n) is 29.7. The molecule has 19 rings (SSSR count). The van der Waals surface area contributed by atoms with Gasteiger partial charge in [0.1, 0.15) is 0 Å². The molecule has 0 aliphatic rings. The van der Waals surface area contributed by atoms with Crippen molar-refractivity contribution in [3.05, 3.63) is 558 Å². The van der Waals surface area contributed by atoms with E-state index in [9.17, 15) is 5.41 Å². The van der Waals surface area contributed by atoms with Crippen molar-refractivity contribution in [1.29, 1.82) is 5.41 Å². The number of guanidine groups is 5. The summed E-state index contributed by atoms with van der Waals surface area (Å²) in [5, 5.41) is 25.0. The first-order valence-electron chi connectivity index (χ1n) is 43.5. The molecule has 0 fully saturated rings. The number of anilines is 14. The normalized spacial score (nSPS) is 10.6. The van der Waals surface area contributed by atoms with Crippen LogP contribution in [0.2, 0.25) is 0 Å². The van der Waals surface area contributed by atoms with Crippen molar-refractivity contribution in [2.75, 3.05) is 45.8 Å². The van der Waals surface area contributed by atoms with Crippen molar-refractivity contribution < 1.29 is 0 Å². The van der Waals surface area contributed by atoms with Gasteiger partial charge in [-0.2, -0.15) is 0 Å². The van der Waals surface area contributed by atoms with Crippen LogP contribution in [-0.4, -0.2) is 29.8 Å². The first kappa shape index (κ1) is 88.6. The van der Waals surface area contributed by atoms with Gasteiger partial charge in [-0.25, -0.2) is 20.0 Å². The van der Waals surface area contributed by atoms with Gasteiger partial charge in [0.15, 0.2) is 0 Å². The van der Waals surface area contributed by atoms with Crippen molar-refractivity contribution >= 4 is 143 Å². The Morgan fingerprint density at radius 2 is 0.379 bits per heavy atom. The van der Waals surface area contributed by atoms with Crippen molar-refractivity contribution in [2.24, 2.45) is 25.7 Å². The van der Waals surface area contributed by atoms with Crippen LogP contribution in [0.25, 0.3) is 10.8 Å². The SMILES string of the molecule is N=C(N(c1ccccc1)c1ccccc1)N(c1ccccc1)c1ccccc1.NC(=Nc1ccccc1)N(c1ccccc1)c1ccccc1.c1ccc(N=C(N(c2ccccc2)c2ccccc2)N(c2ccccc2)c2ccccc2)cc1.c1ccc(N=C(Nc2ccccc2)Nc2ccc3ccccc3c2)cc1.c1ccc(N=C(Nc2ccccc2)Nc2ccccc2)cc1. The quantitative estimate of drug-likeness (QED) is 0.0360. The highest BCUT2D eigenvalue weighted by Gasteiger charge is 2.27. The molecule has 19 aromatic carbocycles. The second kappa shape index (κ2) is 47.8. The fraction of sp³-hybridized carbons (Fsp3) is 0. The molecule has 0 aromatic heterocycles. The summed E-state index contributed by atoms with van der Waals surface area (Å²) in [6.45, 7) is 0. The standard InChI is InChI=1S/C31H25N3.C25H21N3.C23H19N3.2C19H17N3/c1-6-16-26(17-7-1)32-31(33(27-18-8-2-9-19-27)28-20-10-3-11-21-28)34(29-22-12-4-13-23-29)30-24-14-5-15-25-30;26-25(27(21-13-5-1-6-14-21)22-15-7-2-8-16-22)28(23-17-9-3-10-18-23)24-19-11-4-12-20-24;1-3-11-20(12-4-1)24-23(25-21-13-5-2-6-14-21)26-22-16-15-18-9-7-8-10-19(18)17-22;20-19(21-16-10-4-1-5-11-16)22(17-12-6-2-7-13-17)18-14-8-3-9-15-18;1-4-10-16(11-5-1)20-19(21-17-12-6-2-7-13-17)22-18-14-8-3-9-15-18/h1-25H;1-20,26H;1-17H,(H2,24,25,26);1-15H,(H2,20,21);1-15H,(H2,20,21,22). The third kappa shape index (κ3) is 26.0. The molecule has 0 atom stereocenters. The molecule has 132 heavy (non-hydrogen) atoms. The van der Waals surface area contributed by atoms with Crippen LogP contribution >= 0.6 is 0 Å². The van der Waals surface area contributed by atoms with Gasteiger partial charge in [0.05, 0.1) is 22.7 Å². The zero-order valence-electron chi connectivity index (χ0n) is 72.7. The van der Waals surface area contributed by atoms with Crippen LogP contribution in [0.3, 0.4) is 0 Å². The lowest BCUT2D eigenvalue weighted by Gasteiger charge is -2.35. The Morgan fingerprint density at radius 3 is 0.644 bits per heavy atom. The summed E-state index contributed by atoms with van der Waals surface area (Å²) in [7, 11) is 0. The summed E-state index contributed by atoms with van der Waals surface area (Å²) in [5.74, 6) is 2.93. The maximum atomic E-state index is 9.20. The minimum atomic E-state index is 0.356. The number of fused-ring (bicyclic) bond motifs is 1. The van der Waals surface area contributed by atoms with Crippen LogP contribution in [0, 0.1) is 5.41 Å². The van der Waals surface area contributed by atoms with Crippen LogP contribution in [0.4, 0.5) is 102 Å². The average Bonchev–Trinajstić information content (AvgIpc) is 0.779. The van der Waals surface area contributed by atoms with Gasteiger partial charge in [-0.15, -0.1) is 0 Å². The molecule has 0 aliphatic carbocycles. The molecule has 0 heterocycles. The van der Waals surface area contributed by atoms with Crippen LogP contribution < -0.4 is 51.5 Å². The van der Waals surface area contributed by atoms with E-state index in [1.807, 2.05) is 439 Å². The molecular formula is C117H99N15. The molecule has 0 unspecified atom stereocenters. The predicted molar refractivity (Wildman–Crippen MR) is 559 cm³/mol. The fourth-order valence-electron chi connectivity index (χ4n) is 14.2. The summed E-state index contributed by atoms with van der Waals surface area (Å²) in [4.78, 5) is 29.4. The van der Waals surface area contributed by atoms with Gasteiger partial charge in [0.2, 0.25) is 29.8 Å². The Bertz CT molecular complexity index is 6270. The van der Waals surface area contributed by atoms with Gasteiger partial charge >= 0.3 is 0 Å². The van der Waals surface area contributed by atoms with Crippen molar-refractivity contribution in [3.63, 3.8) is 0 Å². The first-order valence-corrected chi connectivity index (χ1v) is 43.5. The van der Waals surface area contributed by atoms with Gasteiger partial charge in [0, 0.05) is 79.6 Å². The highest BCUT2D eigenvalue weighted by molar-refractivity contribution is 6.17. The number of rotatable bonds is 18. The fourth-order valence-corrected chi connectivity index (χ4v) is 14.2. The topological polar surface area (TPSA) is 164 Å². The lowest BCUT2D eigenvalue weighted by molar-refractivity contribution is 1.19. The van der Waals surface area contributed by atoms with Crippen molar-refractivity contribution in [3.8, 4) is 0 Å². The van der Waals surface area contributed by atoms with E-state index in [1.165, 1.54) is 10.8 Å². The first-order chi connectivity index (χ1) is 65.3. The molecule has 7 N–H and O–H groups in total. The number of nitrogens with one attached hydrogen (secondary N) is 5. The number of nitrogens with two attached hydrogens (primary N) is 1. The smallest absolute Gasteiger partial charge is 0.220 e. The number of benzene rings is 19. The number of aliphatic imine (C=N–C) groups is 4. The monoisotopic (exact) mass is 1710 g/mol. The Balaban J connectivity index is 0.000000127. The third-order valence-corrected chi connectivity index (χ3v) is 20.3. The molecule has 0 saturated carbocycles. The molecule has 19 aromatic rings. The molecule has 642 valence electrons. The van der Waals surface area contributed by atoms with Gasteiger partial charge in [0.25, 0.3) is 0 Å². The zero-order valence-corrected chi connectivity index (χ0v) is 72.7. The lowest BCUT2D eigenvalue weighted by Crippen LogP contribution is -2.39. The van der Waals surface area contributed by atoms with E-state index in [1.54, 1.807) is 0 Å². The molecule has 0 saturated heterocycles. The Morgan fingerprint density at radius 1 is 0.182 bits per heavy atom. The van der Waals surface area contributed by atoms with Crippen LogP contribution in [-0.2, 0) is 0 Å². The van der Waals surface area contributed by atoms with E-state index >= 15 is 0 Å². The summed E-state index contributed by atoms with van der Waals surface area (Å²) in [6, 6.07) is 186. The van der Waals surface area contributed by atoms with E-state index in [0.29, 0.717) is 23.8 Å². The Labute approximate surface area is 773 Å². The van der Waals surface area contributed by atoms with E-state index in [2.05, 4.69) is 175 Å². The average molecular weight is 1720 g/mol. The molecule has 15 nitrogen and oxygen atoms in total. The number of nitrogens with zero attached hydrogens (tertiary/aromatic N) is 9. The molecule has 0 amide bonds. The largest absolute Gasteiger partial charge is 0.369 e. The lowest BCUT2D eigenvalue weighted by atomic mass is 10.1. The number of hydrogen-bond donors (Lipinski definition) is 6. The molecule has 0 radical (unpaired) electrons. The zero-order chi connectivity index (χ0) is 90.0. The molecule has 0 bridgehead atoms. The van der Waals surface area contributed by atoms with Gasteiger partial charge < -0.3 is 27.0 Å². The predicted octanol–water partition coefficient (Wildman–Crippen LogP) is 30.4.